The predicted octanol–water partition coefficient (Wildman–Crippen LogP) is 1.85. The highest BCUT2D eigenvalue weighted by Crippen LogP contribution is 2.26. The molecule has 0 aliphatic carbocycles. The minimum absolute atomic E-state index is 0.0714. The van der Waals surface area contributed by atoms with Crippen LogP contribution in [-0.4, -0.2) is 36.5 Å². The van der Waals surface area contributed by atoms with Gasteiger partial charge in [0, 0.05) is 12.3 Å². The molecule has 0 saturated carbocycles. The first kappa shape index (κ1) is 16.0. The first-order chi connectivity index (χ1) is 12.4. The van der Waals surface area contributed by atoms with Gasteiger partial charge in [-0.05, 0) is 18.2 Å². The molecule has 0 atom stereocenters. The molecule has 132 valence electrons. The fourth-order valence-corrected chi connectivity index (χ4v) is 2.49. The van der Waals surface area contributed by atoms with Crippen LogP contribution in [0.25, 0.3) is 22.5 Å². The Balaban J connectivity index is 1.96. The number of benzene rings is 1. The molecule has 0 saturated heterocycles. The summed E-state index contributed by atoms with van der Waals surface area (Å²) in [7, 11) is 1.49. The fraction of sp³-hybridized carbons (Fsp3) is 0.133. The van der Waals surface area contributed by atoms with Crippen LogP contribution in [0.1, 0.15) is 5.82 Å². The molecule has 0 bridgehead atoms. The lowest BCUT2D eigenvalue weighted by atomic mass is 10.3. The van der Waals surface area contributed by atoms with Gasteiger partial charge in [-0.2, -0.15) is 22.7 Å². The average Bonchev–Trinajstić information content (AvgIpc) is 3.07. The van der Waals surface area contributed by atoms with E-state index in [4.69, 9.17) is 4.74 Å². The molecule has 0 aliphatic heterocycles. The highest BCUT2D eigenvalue weighted by Gasteiger charge is 2.36. The Hall–Kier alpha value is -3.50. The molecule has 3 aromatic heterocycles. The minimum Gasteiger partial charge on any atom is -0.497 e. The highest BCUT2D eigenvalue weighted by molar-refractivity contribution is 5.74. The second-order valence-corrected chi connectivity index (χ2v) is 5.27. The molecule has 0 unspecified atom stereocenters. The smallest absolute Gasteiger partial charge is 0.453 e. The van der Waals surface area contributed by atoms with Crippen LogP contribution >= 0.6 is 0 Å². The molecule has 8 nitrogen and oxygen atoms in total. The van der Waals surface area contributed by atoms with Crippen molar-refractivity contribution in [2.75, 3.05) is 7.11 Å². The van der Waals surface area contributed by atoms with E-state index in [1.54, 1.807) is 24.3 Å². The van der Waals surface area contributed by atoms with Crippen molar-refractivity contribution in [3.63, 3.8) is 0 Å². The van der Waals surface area contributed by atoms with E-state index in [1.807, 2.05) is 0 Å². The molecule has 0 N–H and O–H groups in total. The molecule has 11 heteroatoms. The second kappa shape index (κ2) is 5.51. The Labute approximate surface area is 142 Å². The highest BCUT2D eigenvalue weighted by atomic mass is 19.4. The Bertz CT molecular complexity index is 1200. The summed E-state index contributed by atoms with van der Waals surface area (Å²) in [5, 5.41) is 10.7. The van der Waals surface area contributed by atoms with Gasteiger partial charge in [-0.15, -0.1) is 15.3 Å². The van der Waals surface area contributed by atoms with Gasteiger partial charge in [-0.25, -0.2) is 0 Å². The summed E-state index contributed by atoms with van der Waals surface area (Å²) in [4.78, 5) is 16.0. The number of pyridine rings is 1. The monoisotopic (exact) mass is 362 g/mol. The van der Waals surface area contributed by atoms with Crippen molar-refractivity contribution in [1.82, 2.24) is 29.4 Å². The van der Waals surface area contributed by atoms with E-state index < -0.39 is 17.6 Å². The van der Waals surface area contributed by atoms with E-state index in [0.29, 0.717) is 11.4 Å². The molecule has 1 aromatic carbocycles. The molecule has 4 rings (SSSR count). The summed E-state index contributed by atoms with van der Waals surface area (Å²) in [6.07, 6.45) is -3.31. The van der Waals surface area contributed by atoms with Crippen molar-refractivity contribution >= 4 is 16.8 Å². The summed E-state index contributed by atoms with van der Waals surface area (Å²) in [5.41, 5.74) is -0.120. The molecule has 4 aromatic rings. The third-order valence-electron chi connectivity index (χ3n) is 3.69. The number of alkyl halides is 3. The van der Waals surface area contributed by atoms with E-state index in [0.717, 1.165) is 4.52 Å². The number of hydrogen-bond donors (Lipinski definition) is 0. The van der Waals surface area contributed by atoms with Crippen molar-refractivity contribution in [3.05, 3.63) is 52.7 Å². The molecule has 0 fully saturated rings. The van der Waals surface area contributed by atoms with Crippen LogP contribution in [0.2, 0.25) is 0 Å². The zero-order valence-corrected chi connectivity index (χ0v) is 13.1. The van der Waals surface area contributed by atoms with Gasteiger partial charge >= 0.3 is 6.18 Å². The first-order valence-electron chi connectivity index (χ1n) is 7.25. The zero-order chi connectivity index (χ0) is 18.5. The van der Waals surface area contributed by atoms with Crippen LogP contribution in [0.3, 0.4) is 0 Å². The van der Waals surface area contributed by atoms with E-state index >= 15 is 0 Å². The van der Waals surface area contributed by atoms with E-state index in [9.17, 15) is 18.0 Å². The lowest BCUT2D eigenvalue weighted by Crippen LogP contribution is -2.20. The van der Waals surface area contributed by atoms with Crippen molar-refractivity contribution in [2.24, 2.45) is 0 Å². The number of fused-ring (bicyclic) bond motifs is 3. The first-order valence-corrected chi connectivity index (χ1v) is 7.25. The third-order valence-corrected chi connectivity index (χ3v) is 3.69. The third kappa shape index (κ3) is 2.44. The van der Waals surface area contributed by atoms with Crippen LogP contribution in [0.4, 0.5) is 13.2 Å². The lowest BCUT2D eigenvalue weighted by molar-refractivity contribution is -0.144. The maximum atomic E-state index is 12.8. The van der Waals surface area contributed by atoms with Gasteiger partial charge in [0.15, 0.2) is 5.52 Å². The number of rotatable bonds is 2. The van der Waals surface area contributed by atoms with Gasteiger partial charge in [0.2, 0.25) is 0 Å². The molecule has 3 heterocycles. The van der Waals surface area contributed by atoms with Crippen molar-refractivity contribution in [2.45, 2.75) is 6.18 Å². The van der Waals surface area contributed by atoms with E-state index in [2.05, 4.69) is 20.3 Å². The predicted molar refractivity (Wildman–Crippen MR) is 83.2 cm³/mol. The maximum Gasteiger partial charge on any atom is 0.453 e. The number of hydrogen-bond acceptors (Lipinski definition) is 6. The quantitative estimate of drug-likeness (QED) is 0.541. The Morgan fingerprint density at radius 3 is 2.69 bits per heavy atom. The SMILES string of the molecule is COc1cccc(-n2ccc3c(nnc4nc(C(F)(F)F)nn43)c2=O)c1. The molecule has 0 amide bonds. The standard InChI is InChI=1S/C15H9F3N6O2/c1-26-9-4-2-3-8(7-9)23-6-5-10-11(12(23)25)20-21-14-19-13(15(16,17)18)22-24(10)14/h2-7H,1H3. The molecule has 0 spiro atoms. The Morgan fingerprint density at radius 2 is 1.96 bits per heavy atom. The number of nitrogens with zero attached hydrogens (tertiary/aromatic N) is 6. The summed E-state index contributed by atoms with van der Waals surface area (Å²) in [6.45, 7) is 0. The van der Waals surface area contributed by atoms with Gasteiger partial charge in [0.1, 0.15) is 11.3 Å². The number of aromatic nitrogens is 6. The molecular formula is C15H9F3N6O2. The Kier molecular flexibility index (Phi) is 3.39. The van der Waals surface area contributed by atoms with Crippen molar-refractivity contribution in [1.29, 1.82) is 0 Å². The van der Waals surface area contributed by atoms with Crippen molar-refractivity contribution in [3.8, 4) is 11.4 Å². The Morgan fingerprint density at radius 1 is 1.15 bits per heavy atom. The van der Waals surface area contributed by atoms with Gasteiger partial charge in [-0.3, -0.25) is 9.36 Å². The summed E-state index contributed by atoms with van der Waals surface area (Å²) in [5.74, 6) is -1.15. The largest absolute Gasteiger partial charge is 0.497 e. The van der Waals surface area contributed by atoms with Crippen LogP contribution < -0.4 is 10.3 Å². The second-order valence-electron chi connectivity index (χ2n) is 5.27. The molecule has 26 heavy (non-hydrogen) atoms. The number of methoxy groups -OCH3 is 1. The van der Waals surface area contributed by atoms with Crippen LogP contribution in [0.15, 0.2) is 41.3 Å². The normalized spacial score (nSPS) is 12.0. The van der Waals surface area contributed by atoms with Gasteiger partial charge in [0.05, 0.1) is 12.8 Å². The minimum atomic E-state index is -4.73. The van der Waals surface area contributed by atoms with Crippen LogP contribution in [-0.2, 0) is 6.18 Å². The topological polar surface area (TPSA) is 87.2 Å². The molecule has 0 radical (unpaired) electrons. The van der Waals surface area contributed by atoms with Gasteiger partial charge < -0.3 is 4.74 Å². The molecule has 0 aliphatic rings. The molecular weight excluding hydrogens is 353 g/mol. The summed E-state index contributed by atoms with van der Waals surface area (Å²) < 4.78 is 45.7. The maximum absolute atomic E-state index is 12.8. The average molecular weight is 362 g/mol. The fourth-order valence-electron chi connectivity index (χ4n) is 2.49. The summed E-state index contributed by atoms with van der Waals surface area (Å²) >= 11 is 0. The number of ether oxygens (including phenoxy) is 1. The van der Waals surface area contributed by atoms with E-state index in [-0.39, 0.29) is 16.8 Å². The van der Waals surface area contributed by atoms with Crippen LogP contribution in [0, 0.1) is 0 Å². The van der Waals surface area contributed by atoms with Crippen molar-refractivity contribution < 1.29 is 17.9 Å². The van der Waals surface area contributed by atoms with Gasteiger partial charge in [0.25, 0.3) is 17.2 Å². The van der Waals surface area contributed by atoms with E-state index in [1.165, 1.54) is 23.9 Å². The summed E-state index contributed by atoms with van der Waals surface area (Å²) in [6, 6.07) is 8.15. The lowest BCUT2D eigenvalue weighted by Gasteiger charge is -2.08. The van der Waals surface area contributed by atoms with Crippen LogP contribution in [0.5, 0.6) is 5.75 Å². The zero-order valence-electron chi connectivity index (χ0n) is 13.1. The number of halogens is 3. The van der Waals surface area contributed by atoms with Gasteiger partial charge in [-0.1, -0.05) is 6.07 Å².